The van der Waals surface area contributed by atoms with E-state index in [0.717, 1.165) is 22.7 Å². The predicted octanol–water partition coefficient (Wildman–Crippen LogP) is 4.25. The van der Waals surface area contributed by atoms with Gasteiger partial charge in [0.05, 0.1) is 0 Å². The molecule has 0 heteroatoms. The second kappa shape index (κ2) is 2.74. The number of rotatable bonds is 5. The predicted molar refractivity (Wildman–Crippen MR) is 57.6 cm³/mol. The Bertz CT molecular complexity index is 206. The molecule has 0 bridgehead atoms. The minimum Gasteiger partial charge on any atom is -0.0654 e. The highest BCUT2D eigenvalue weighted by atomic mass is 14.9. The Hall–Kier alpha value is 0. The zero-order chi connectivity index (χ0) is 9.69. The van der Waals surface area contributed by atoms with Crippen LogP contribution in [0, 0.1) is 22.7 Å². The standard InChI is InChI=1S/C13H24/c1-5-6-7-8-13-9-11(13)12(13,4)10(2)3/h10-11H,5-9H2,1-4H3. The highest BCUT2D eigenvalue weighted by molar-refractivity contribution is 5.33. The molecule has 0 aromatic rings. The van der Waals surface area contributed by atoms with E-state index in [4.69, 9.17) is 0 Å². The summed E-state index contributed by atoms with van der Waals surface area (Å²) in [6.07, 6.45) is 7.39. The maximum Gasteiger partial charge on any atom is -0.0201 e. The lowest BCUT2D eigenvalue weighted by molar-refractivity contribution is 0.221. The third-order valence-electron chi connectivity index (χ3n) is 5.21. The fourth-order valence-electron chi connectivity index (χ4n) is 3.72. The van der Waals surface area contributed by atoms with Gasteiger partial charge in [-0.15, -0.1) is 0 Å². The Labute approximate surface area is 83.1 Å². The van der Waals surface area contributed by atoms with Gasteiger partial charge in [0.1, 0.15) is 0 Å². The van der Waals surface area contributed by atoms with Crippen molar-refractivity contribution in [2.75, 3.05) is 0 Å². The van der Waals surface area contributed by atoms with Crippen molar-refractivity contribution in [3.8, 4) is 0 Å². The zero-order valence-corrected chi connectivity index (χ0v) is 9.69. The summed E-state index contributed by atoms with van der Waals surface area (Å²) in [4.78, 5) is 0. The molecule has 0 radical (unpaired) electrons. The third kappa shape index (κ3) is 1.04. The van der Waals surface area contributed by atoms with Crippen molar-refractivity contribution in [1.82, 2.24) is 0 Å². The van der Waals surface area contributed by atoms with E-state index in [1.807, 2.05) is 0 Å². The van der Waals surface area contributed by atoms with Gasteiger partial charge in [-0.25, -0.2) is 0 Å². The van der Waals surface area contributed by atoms with E-state index in [0.29, 0.717) is 0 Å². The van der Waals surface area contributed by atoms with Crippen LogP contribution in [0.2, 0.25) is 0 Å². The Balaban J connectivity index is 1.83. The first kappa shape index (κ1) is 9.55. The molecule has 2 fully saturated rings. The van der Waals surface area contributed by atoms with Crippen LogP contribution in [0.25, 0.3) is 0 Å². The van der Waals surface area contributed by atoms with E-state index in [2.05, 4.69) is 27.7 Å². The van der Waals surface area contributed by atoms with Crippen LogP contribution in [-0.4, -0.2) is 0 Å². The van der Waals surface area contributed by atoms with Crippen molar-refractivity contribution in [2.24, 2.45) is 22.7 Å². The van der Waals surface area contributed by atoms with Crippen molar-refractivity contribution in [3.05, 3.63) is 0 Å². The first-order valence-electron chi connectivity index (χ1n) is 6.09. The lowest BCUT2D eigenvalue weighted by atomic mass is 9.78. The molecule has 2 aliphatic carbocycles. The summed E-state index contributed by atoms with van der Waals surface area (Å²) in [5.74, 6) is 2.03. The molecule has 2 aliphatic rings. The van der Waals surface area contributed by atoms with Crippen LogP contribution in [0.15, 0.2) is 0 Å². The highest BCUT2D eigenvalue weighted by Crippen LogP contribution is 2.91. The summed E-state index contributed by atoms with van der Waals surface area (Å²) in [7, 11) is 0. The fourth-order valence-corrected chi connectivity index (χ4v) is 3.72. The summed E-state index contributed by atoms with van der Waals surface area (Å²) in [6, 6.07) is 0. The van der Waals surface area contributed by atoms with Crippen LogP contribution in [-0.2, 0) is 0 Å². The minimum atomic E-state index is 0.751. The Morgan fingerprint density at radius 3 is 2.38 bits per heavy atom. The van der Waals surface area contributed by atoms with Crippen molar-refractivity contribution < 1.29 is 0 Å². The van der Waals surface area contributed by atoms with Gasteiger partial charge in [-0.2, -0.15) is 0 Å². The van der Waals surface area contributed by atoms with Crippen LogP contribution in [0.4, 0.5) is 0 Å². The third-order valence-corrected chi connectivity index (χ3v) is 5.21. The van der Waals surface area contributed by atoms with Crippen molar-refractivity contribution >= 4 is 0 Å². The second-order valence-corrected chi connectivity index (χ2v) is 5.81. The smallest absolute Gasteiger partial charge is 0.0201 e. The van der Waals surface area contributed by atoms with Crippen molar-refractivity contribution in [3.63, 3.8) is 0 Å². The summed E-state index contributed by atoms with van der Waals surface area (Å²) >= 11 is 0. The lowest BCUT2D eigenvalue weighted by Gasteiger charge is -2.27. The molecular formula is C13H24. The average Bonchev–Trinajstić information content (AvgIpc) is 2.91. The number of fused-ring (bicyclic) bond motifs is 1. The van der Waals surface area contributed by atoms with E-state index in [-0.39, 0.29) is 0 Å². The van der Waals surface area contributed by atoms with Gasteiger partial charge in [0, 0.05) is 0 Å². The largest absolute Gasteiger partial charge is 0.0654 e. The molecule has 2 saturated carbocycles. The number of hydrogen-bond acceptors (Lipinski definition) is 0. The van der Waals surface area contributed by atoms with Crippen LogP contribution >= 0.6 is 0 Å². The molecule has 76 valence electrons. The molecule has 0 aliphatic heterocycles. The van der Waals surface area contributed by atoms with E-state index < -0.39 is 0 Å². The molecule has 13 heavy (non-hydrogen) atoms. The molecule has 0 amide bonds. The molecule has 0 aromatic carbocycles. The van der Waals surface area contributed by atoms with Gasteiger partial charge in [-0.05, 0) is 35.5 Å². The average molecular weight is 180 g/mol. The van der Waals surface area contributed by atoms with Crippen LogP contribution in [0.5, 0.6) is 0 Å². The molecule has 0 saturated heterocycles. The second-order valence-electron chi connectivity index (χ2n) is 5.81. The van der Waals surface area contributed by atoms with E-state index in [9.17, 15) is 0 Å². The van der Waals surface area contributed by atoms with Gasteiger partial charge in [-0.3, -0.25) is 0 Å². The molecule has 3 unspecified atom stereocenters. The quantitative estimate of drug-likeness (QED) is 0.555. The van der Waals surface area contributed by atoms with Gasteiger partial charge < -0.3 is 0 Å². The van der Waals surface area contributed by atoms with Crippen molar-refractivity contribution in [1.29, 1.82) is 0 Å². The Morgan fingerprint density at radius 1 is 1.31 bits per heavy atom. The first-order valence-corrected chi connectivity index (χ1v) is 6.09. The van der Waals surface area contributed by atoms with Crippen LogP contribution in [0.3, 0.4) is 0 Å². The van der Waals surface area contributed by atoms with E-state index in [1.165, 1.54) is 25.7 Å². The van der Waals surface area contributed by atoms with Gasteiger partial charge >= 0.3 is 0 Å². The normalized spacial score (nSPS) is 46.4. The molecular weight excluding hydrogens is 156 g/mol. The fraction of sp³-hybridized carbons (Fsp3) is 1.00. The summed E-state index contributed by atoms with van der Waals surface area (Å²) in [6.45, 7) is 9.65. The van der Waals surface area contributed by atoms with Gasteiger partial charge in [0.15, 0.2) is 0 Å². The highest BCUT2D eigenvalue weighted by Gasteiger charge is 2.85. The SMILES string of the molecule is CCCCCC12CC1C2(C)C(C)C. The Kier molecular flexibility index (Phi) is 2.02. The van der Waals surface area contributed by atoms with Gasteiger partial charge in [-0.1, -0.05) is 47.0 Å². The van der Waals surface area contributed by atoms with Crippen LogP contribution < -0.4 is 0 Å². The van der Waals surface area contributed by atoms with Gasteiger partial charge in [0.2, 0.25) is 0 Å². The van der Waals surface area contributed by atoms with E-state index in [1.54, 1.807) is 6.42 Å². The molecule has 0 heterocycles. The lowest BCUT2D eigenvalue weighted by Crippen LogP contribution is -2.19. The summed E-state index contributed by atoms with van der Waals surface area (Å²) in [5.41, 5.74) is 1.59. The minimum absolute atomic E-state index is 0.751. The zero-order valence-electron chi connectivity index (χ0n) is 9.69. The first-order chi connectivity index (χ1) is 6.09. The monoisotopic (exact) mass is 180 g/mol. The molecule has 0 N–H and O–H groups in total. The molecule has 0 nitrogen and oxygen atoms in total. The number of unbranched alkanes of at least 4 members (excludes halogenated alkanes) is 2. The van der Waals surface area contributed by atoms with Crippen molar-refractivity contribution in [2.45, 2.75) is 59.8 Å². The topological polar surface area (TPSA) is 0 Å². The summed E-state index contributed by atoms with van der Waals surface area (Å²) < 4.78 is 0. The molecule has 2 rings (SSSR count). The molecule has 3 atom stereocenters. The number of hydrogen-bond donors (Lipinski definition) is 0. The Morgan fingerprint density at radius 2 is 2.00 bits per heavy atom. The molecule has 0 aromatic heterocycles. The summed E-state index contributed by atoms with van der Waals surface area (Å²) in [5, 5.41) is 0. The van der Waals surface area contributed by atoms with Gasteiger partial charge in [0.25, 0.3) is 0 Å². The van der Waals surface area contributed by atoms with Crippen LogP contribution in [0.1, 0.15) is 59.8 Å². The maximum atomic E-state index is 2.53. The van der Waals surface area contributed by atoms with E-state index >= 15 is 0 Å². The maximum absolute atomic E-state index is 2.53. The molecule has 0 spiro atoms.